The highest BCUT2D eigenvalue weighted by molar-refractivity contribution is 7.89. The van der Waals surface area contributed by atoms with Crippen molar-refractivity contribution < 1.29 is 13.6 Å². The lowest BCUT2D eigenvalue weighted by molar-refractivity contribution is 0.302. The summed E-state index contributed by atoms with van der Waals surface area (Å²) in [6, 6.07) is 6.71. The minimum absolute atomic E-state index is 0.193. The summed E-state index contributed by atoms with van der Waals surface area (Å²) in [5.41, 5.74) is 0.409. The van der Waals surface area contributed by atoms with Gasteiger partial charge in [0.1, 0.15) is 0 Å². The number of benzene rings is 1. The van der Waals surface area contributed by atoms with Crippen molar-refractivity contribution in [2.45, 2.75) is 25.7 Å². The molecule has 21 heavy (non-hydrogen) atoms. The Balaban J connectivity index is 3.14. The Morgan fingerprint density at radius 2 is 1.90 bits per heavy atom. The first-order valence-electron chi connectivity index (χ1n) is 6.59. The molecule has 0 bridgehead atoms. The Kier molecular flexibility index (Phi) is 5.69. The molecule has 0 radical (unpaired) electrons. The zero-order valence-corrected chi connectivity index (χ0v) is 13.5. The molecule has 0 aliphatic carbocycles. The molecule has 1 N–H and O–H groups in total. The number of sulfonamides is 1. The van der Waals surface area contributed by atoms with Gasteiger partial charge in [-0.3, -0.25) is 0 Å². The molecule has 1 aromatic carbocycles. The smallest absolute Gasteiger partial charge is 0.243 e. The fraction of sp³-hybridized carbons (Fsp3) is 0.400. The van der Waals surface area contributed by atoms with Crippen LogP contribution in [0.1, 0.15) is 19.4 Å². The minimum atomic E-state index is -3.61. The van der Waals surface area contributed by atoms with Crippen LogP contribution in [0, 0.1) is 12.3 Å². The molecule has 0 aliphatic heterocycles. The van der Waals surface area contributed by atoms with Gasteiger partial charge in [-0.1, -0.05) is 37.6 Å². The van der Waals surface area contributed by atoms with E-state index in [0.29, 0.717) is 0 Å². The highest BCUT2D eigenvalue weighted by Crippen LogP contribution is 2.22. The van der Waals surface area contributed by atoms with Gasteiger partial charge in [-0.05, 0) is 19.1 Å². The van der Waals surface area contributed by atoms with Crippen LogP contribution in [0.2, 0.25) is 0 Å². The van der Waals surface area contributed by atoms with Gasteiger partial charge in [0, 0.05) is 18.5 Å². The summed E-state index contributed by atoms with van der Waals surface area (Å²) < 4.78 is 26.7. The molecule has 0 spiro atoms. The van der Waals surface area contributed by atoms with Crippen LogP contribution in [0.3, 0.4) is 0 Å². The molecule has 116 valence electrons. The highest BCUT2D eigenvalue weighted by atomic mass is 32.2. The van der Waals surface area contributed by atoms with Crippen LogP contribution in [0.4, 0.5) is 0 Å². The van der Waals surface area contributed by atoms with E-state index in [9.17, 15) is 8.42 Å². The molecule has 0 saturated carbocycles. The van der Waals surface area contributed by atoms with Gasteiger partial charge in [-0.2, -0.15) is 4.31 Å². The van der Waals surface area contributed by atoms with Crippen molar-refractivity contribution in [2.75, 3.05) is 13.1 Å². The van der Waals surface area contributed by atoms with Crippen LogP contribution in [0.5, 0.6) is 0 Å². The quantitative estimate of drug-likeness (QED) is 0.364. The summed E-state index contributed by atoms with van der Waals surface area (Å²) in [7, 11) is -3.61. The first-order valence-corrected chi connectivity index (χ1v) is 8.03. The largest absolute Gasteiger partial charge is 0.411 e. The number of nitrogens with zero attached hydrogens (tertiary/aromatic N) is 2. The summed E-state index contributed by atoms with van der Waals surface area (Å²) in [4.78, 5) is 0.242. The van der Waals surface area contributed by atoms with Gasteiger partial charge in [-0.15, -0.1) is 11.7 Å². The van der Waals surface area contributed by atoms with Crippen molar-refractivity contribution in [3.63, 3.8) is 0 Å². The van der Waals surface area contributed by atoms with Crippen molar-refractivity contribution >= 4 is 16.2 Å². The lowest BCUT2D eigenvalue weighted by Crippen LogP contribution is -2.39. The van der Waals surface area contributed by atoms with Gasteiger partial charge in [0.15, 0.2) is 0 Å². The van der Waals surface area contributed by atoms with E-state index in [-0.39, 0.29) is 18.0 Å². The van der Waals surface area contributed by atoms with E-state index >= 15 is 0 Å². The van der Waals surface area contributed by atoms with Crippen molar-refractivity contribution in [2.24, 2.45) is 10.6 Å². The van der Waals surface area contributed by atoms with E-state index in [1.807, 2.05) is 6.92 Å². The van der Waals surface area contributed by atoms with Crippen LogP contribution in [0.15, 0.2) is 47.0 Å². The highest BCUT2D eigenvalue weighted by Gasteiger charge is 2.29. The monoisotopic (exact) mass is 310 g/mol. The van der Waals surface area contributed by atoms with Crippen LogP contribution < -0.4 is 0 Å². The van der Waals surface area contributed by atoms with E-state index in [1.54, 1.807) is 38.1 Å². The predicted molar refractivity (Wildman–Crippen MR) is 84.2 cm³/mol. The maximum absolute atomic E-state index is 12.7. The zero-order chi connectivity index (χ0) is 16.1. The standard InChI is InChI=1S/C15H22N2O3S/c1-5-10-17(12-15(3,4)11-16-18)21(19,20)14-8-6-13(2)7-9-14/h5-9,11,18H,1,10,12H2,2-4H3. The number of rotatable bonds is 7. The molecule has 0 aromatic heterocycles. The molecule has 0 saturated heterocycles. The predicted octanol–water partition coefficient (Wildman–Crippen LogP) is 2.66. The Morgan fingerprint density at radius 3 is 2.38 bits per heavy atom. The fourth-order valence-corrected chi connectivity index (χ4v) is 3.49. The summed E-state index contributed by atoms with van der Waals surface area (Å²) in [5.74, 6) is 0. The topological polar surface area (TPSA) is 70.0 Å². The van der Waals surface area contributed by atoms with E-state index in [2.05, 4.69) is 11.7 Å². The van der Waals surface area contributed by atoms with Crippen LogP contribution >= 0.6 is 0 Å². The molecule has 0 fully saturated rings. The Bertz CT molecular complexity index is 604. The molecule has 0 aliphatic rings. The first-order chi connectivity index (χ1) is 9.73. The second-order valence-electron chi connectivity index (χ2n) is 5.63. The molecule has 0 amide bonds. The van der Waals surface area contributed by atoms with Gasteiger partial charge in [0.2, 0.25) is 10.0 Å². The first kappa shape index (κ1) is 17.4. The Labute approximate surface area is 126 Å². The normalized spacial score (nSPS) is 13.0. The number of hydrogen-bond donors (Lipinski definition) is 1. The zero-order valence-electron chi connectivity index (χ0n) is 12.7. The van der Waals surface area contributed by atoms with Crippen LogP contribution in [-0.4, -0.2) is 37.2 Å². The molecule has 0 unspecified atom stereocenters. The third kappa shape index (κ3) is 4.68. The number of oxime groups is 1. The van der Waals surface area contributed by atoms with Crippen molar-refractivity contribution in [3.05, 3.63) is 42.5 Å². The molecule has 6 heteroatoms. The van der Waals surface area contributed by atoms with Crippen LogP contribution in [-0.2, 0) is 10.0 Å². The maximum Gasteiger partial charge on any atom is 0.243 e. The lowest BCUT2D eigenvalue weighted by Gasteiger charge is -2.28. The summed E-state index contributed by atoms with van der Waals surface area (Å²) >= 11 is 0. The molecule has 1 aromatic rings. The second kappa shape index (κ2) is 6.87. The summed E-state index contributed by atoms with van der Waals surface area (Å²) in [6.07, 6.45) is 2.87. The van der Waals surface area contributed by atoms with E-state index < -0.39 is 15.4 Å². The summed E-state index contributed by atoms with van der Waals surface area (Å²) in [5, 5.41) is 11.7. The van der Waals surface area contributed by atoms with E-state index in [1.165, 1.54) is 16.6 Å². The fourth-order valence-electron chi connectivity index (χ4n) is 1.90. The van der Waals surface area contributed by atoms with E-state index in [0.717, 1.165) is 5.56 Å². The SMILES string of the molecule is C=CCN(CC(C)(C)C=NO)S(=O)(=O)c1ccc(C)cc1. The average molecular weight is 310 g/mol. The molecule has 1 rings (SSSR count). The van der Waals surface area contributed by atoms with Crippen LogP contribution in [0.25, 0.3) is 0 Å². The molecule has 0 heterocycles. The van der Waals surface area contributed by atoms with E-state index in [4.69, 9.17) is 5.21 Å². The maximum atomic E-state index is 12.7. The van der Waals surface area contributed by atoms with Gasteiger partial charge in [0.25, 0.3) is 0 Å². The number of hydrogen-bond acceptors (Lipinski definition) is 4. The number of aryl methyl sites for hydroxylation is 1. The Hall–Kier alpha value is -1.66. The van der Waals surface area contributed by atoms with Gasteiger partial charge in [-0.25, -0.2) is 8.42 Å². The molecule has 0 atom stereocenters. The molecule has 5 nitrogen and oxygen atoms in total. The van der Waals surface area contributed by atoms with Crippen molar-refractivity contribution in [1.82, 2.24) is 4.31 Å². The summed E-state index contributed by atoms with van der Waals surface area (Å²) in [6.45, 7) is 9.50. The third-order valence-corrected chi connectivity index (χ3v) is 4.81. The Morgan fingerprint density at radius 1 is 1.33 bits per heavy atom. The van der Waals surface area contributed by atoms with Crippen molar-refractivity contribution in [1.29, 1.82) is 0 Å². The minimum Gasteiger partial charge on any atom is -0.411 e. The van der Waals surface area contributed by atoms with Crippen molar-refractivity contribution in [3.8, 4) is 0 Å². The second-order valence-corrected chi connectivity index (χ2v) is 7.57. The van der Waals surface area contributed by atoms with Gasteiger partial charge < -0.3 is 5.21 Å². The lowest BCUT2D eigenvalue weighted by atomic mass is 9.95. The molecular formula is C15H22N2O3S. The average Bonchev–Trinajstić information content (AvgIpc) is 2.38. The molecular weight excluding hydrogens is 288 g/mol. The van der Waals surface area contributed by atoms with Gasteiger partial charge in [0.05, 0.1) is 11.1 Å². The van der Waals surface area contributed by atoms with Gasteiger partial charge >= 0.3 is 0 Å². The third-order valence-electron chi connectivity index (χ3n) is 2.98.